The van der Waals surface area contributed by atoms with Crippen LogP contribution in [0, 0.1) is 0 Å². The molecule has 0 radical (unpaired) electrons. The molecule has 8 heteroatoms. The SMILES string of the molecule is O=c1oc2ccccc2n1CCCCN1CCN(CCCn2c(=O)oc3ccccc32)CC1. The maximum Gasteiger partial charge on any atom is 0.419 e. The van der Waals surface area contributed by atoms with Gasteiger partial charge in [0.1, 0.15) is 0 Å². The van der Waals surface area contributed by atoms with E-state index >= 15 is 0 Å². The number of fused-ring (bicyclic) bond motifs is 2. The van der Waals surface area contributed by atoms with Crippen molar-refractivity contribution in [1.82, 2.24) is 18.9 Å². The summed E-state index contributed by atoms with van der Waals surface area (Å²) in [6.45, 7) is 7.62. The molecule has 1 saturated heterocycles. The van der Waals surface area contributed by atoms with Crippen LogP contribution in [0.3, 0.4) is 0 Å². The summed E-state index contributed by atoms with van der Waals surface area (Å²) in [6.07, 6.45) is 2.94. The molecule has 0 saturated carbocycles. The fourth-order valence-corrected chi connectivity index (χ4v) is 4.75. The van der Waals surface area contributed by atoms with Crippen LogP contribution in [0.5, 0.6) is 0 Å². The Morgan fingerprint density at radius 3 is 1.55 bits per heavy atom. The monoisotopic (exact) mass is 450 g/mol. The van der Waals surface area contributed by atoms with Gasteiger partial charge < -0.3 is 18.6 Å². The third-order valence-electron chi connectivity index (χ3n) is 6.57. The Labute approximate surface area is 191 Å². The number of hydrogen-bond donors (Lipinski definition) is 0. The first-order valence-electron chi connectivity index (χ1n) is 11.8. The van der Waals surface area contributed by atoms with E-state index in [1.54, 1.807) is 9.13 Å². The van der Waals surface area contributed by atoms with Gasteiger partial charge in [0.2, 0.25) is 0 Å². The second-order valence-corrected chi connectivity index (χ2v) is 8.72. The Morgan fingerprint density at radius 1 is 0.576 bits per heavy atom. The van der Waals surface area contributed by atoms with Crippen molar-refractivity contribution in [2.75, 3.05) is 39.3 Å². The minimum atomic E-state index is -0.272. The zero-order valence-electron chi connectivity index (χ0n) is 18.8. The largest absolute Gasteiger partial charge is 0.419 e. The molecule has 0 N–H and O–H groups in total. The Kier molecular flexibility index (Phi) is 6.46. The molecule has 8 nitrogen and oxygen atoms in total. The molecule has 1 aliphatic heterocycles. The van der Waals surface area contributed by atoms with Crippen molar-refractivity contribution in [3.8, 4) is 0 Å². The summed E-state index contributed by atoms with van der Waals surface area (Å²) in [6, 6.07) is 15.2. The summed E-state index contributed by atoms with van der Waals surface area (Å²) in [4.78, 5) is 29.1. The summed E-state index contributed by atoms with van der Waals surface area (Å²) in [7, 11) is 0. The van der Waals surface area contributed by atoms with E-state index in [4.69, 9.17) is 8.83 Å². The summed E-state index contributed by atoms with van der Waals surface area (Å²) in [5.74, 6) is -0.540. The van der Waals surface area contributed by atoms with E-state index in [1.165, 1.54) is 0 Å². The van der Waals surface area contributed by atoms with E-state index in [0.717, 1.165) is 69.6 Å². The normalized spacial score (nSPS) is 15.6. The van der Waals surface area contributed by atoms with Gasteiger partial charge in [-0.25, -0.2) is 9.59 Å². The van der Waals surface area contributed by atoms with Crippen molar-refractivity contribution in [3.05, 3.63) is 69.6 Å². The zero-order chi connectivity index (χ0) is 22.6. The first-order valence-corrected chi connectivity index (χ1v) is 11.8. The molecule has 2 aromatic carbocycles. The van der Waals surface area contributed by atoms with Crippen molar-refractivity contribution in [2.45, 2.75) is 32.4 Å². The molecule has 4 aromatic rings. The lowest BCUT2D eigenvalue weighted by Gasteiger charge is -2.34. The smallest absolute Gasteiger partial charge is 0.408 e. The third-order valence-corrected chi connectivity index (χ3v) is 6.57. The number of oxazole rings is 2. The van der Waals surface area contributed by atoms with Crippen molar-refractivity contribution in [2.24, 2.45) is 0 Å². The highest BCUT2D eigenvalue weighted by Crippen LogP contribution is 2.14. The summed E-state index contributed by atoms with van der Waals surface area (Å²) in [5.41, 5.74) is 3.06. The van der Waals surface area contributed by atoms with E-state index in [1.807, 2.05) is 48.5 Å². The van der Waals surface area contributed by atoms with Crippen LogP contribution < -0.4 is 11.5 Å². The van der Waals surface area contributed by atoms with Crippen LogP contribution in [-0.2, 0) is 13.1 Å². The number of aromatic nitrogens is 2. The summed E-state index contributed by atoms with van der Waals surface area (Å²) >= 11 is 0. The van der Waals surface area contributed by atoms with Gasteiger partial charge >= 0.3 is 11.5 Å². The number of piperazine rings is 1. The summed E-state index contributed by atoms with van der Waals surface area (Å²) < 4.78 is 14.1. The maximum atomic E-state index is 12.1. The van der Waals surface area contributed by atoms with Crippen molar-refractivity contribution in [3.63, 3.8) is 0 Å². The lowest BCUT2D eigenvalue weighted by Crippen LogP contribution is -2.46. The molecule has 0 spiro atoms. The average molecular weight is 451 g/mol. The molecule has 0 aliphatic carbocycles. The molecule has 2 aromatic heterocycles. The van der Waals surface area contributed by atoms with E-state index in [9.17, 15) is 9.59 Å². The van der Waals surface area contributed by atoms with Crippen molar-refractivity contribution < 1.29 is 8.83 Å². The second-order valence-electron chi connectivity index (χ2n) is 8.72. The molecular formula is C25H30N4O4. The first-order chi connectivity index (χ1) is 16.2. The average Bonchev–Trinajstić information content (AvgIpc) is 3.33. The van der Waals surface area contributed by atoms with Crippen LogP contribution in [0.25, 0.3) is 22.2 Å². The lowest BCUT2D eigenvalue weighted by molar-refractivity contribution is 0.128. The Morgan fingerprint density at radius 2 is 1.00 bits per heavy atom. The standard InChI is InChI=1S/C25H30N4O4/c30-24-28(20-8-1-3-10-22(20)32-24)14-6-5-12-26-16-18-27(19-17-26)13-7-15-29-21-9-2-4-11-23(21)33-25(29)31/h1-4,8-11H,5-7,12-19H2. The minimum Gasteiger partial charge on any atom is -0.408 e. The van der Waals surface area contributed by atoms with Gasteiger partial charge in [-0.1, -0.05) is 24.3 Å². The molecule has 33 heavy (non-hydrogen) atoms. The Bertz CT molecular complexity index is 1320. The van der Waals surface area contributed by atoms with Gasteiger partial charge in [-0.2, -0.15) is 0 Å². The van der Waals surface area contributed by atoms with Gasteiger partial charge in [0.05, 0.1) is 11.0 Å². The van der Waals surface area contributed by atoms with Crippen molar-refractivity contribution in [1.29, 1.82) is 0 Å². The number of nitrogens with zero attached hydrogens (tertiary/aromatic N) is 4. The second kappa shape index (κ2) is 9.80. The molecule has 1 aliphatic rings. The predicted molar refractivity (Wildman–Crippen MR) is 128 cm³/mol. The van der Waals surface area contributed by atoms with E-state index in [-0.39, 0.29) is 11.5 Å². The quantitative estimate of drug-likeness (QED) is 0.365. The molecule has 0 unspecified atom stereocenters. The van der Waals surface area contributed by atoms with Crippen LogP contribution in [0.2, 0.25) is 0 Å². The fraction of sp³-hybridized carbons (Fsp3) is 0.440. The number of benzene rings is 2. The molecular weight excluding hydrogens is 420 g/mol. The van der Waals surface area contributed by atoms with Crippen LogP contribution in [-0.4, -0.2) is 58.2 Å². The van der Waals surface area contributed by atoms with Gasteiger partial charge in [0.15, 0.2) is 11.2 Å². The van der Waals surface area contributed by atoms with E-state index < -0.39 is 0 Å². The molecule has 174 valence electrons. The fourth-order valence-electron chi connectivity index (χ4n) is 4.75. The molecule has 1 fully saturated rings. The third kappa shape index (κ3) is 4.82. The number of rotatable bonds is 9. The van der Waals surface area contributed by atoms with Crippen LogP contribution in [0.15, 0.2) is 67.0 Å². The van der Waals surface area contributed by atoms with Crippen molar-refractivity contribution >= 4 is 22.2 Å². The molecule has 0 bridgehead atoms. The van der Waals surface area contributed by atoms with Crippen LogP contribution >= 0.6 is 0 Å². The Balaban J connectivity index is 1.02. The van der Waals surface area contributed by atoms with Gasteiger partial charge in [0.25, 0.3) is 0 Å². The lowest BCUT2D eigenvalue weighted by atomic mass is 10.2. The topological polar surface area (TPSA) is 76.8 Å². The minimum absolute atomic E-state index is 0.268. The molecule has 5 rings (SSSR count). The molecule has 3 heterocycles. The highest BCUT2D eigenvalue weighted by atomic mass is 16.4. The Hall–Kier alpha value is -3.10. The van der Waals surface area contributed by atoms with Crippen LogP contribution in [0.1, 0.15) is 19.3 Å². The molecule has 0 atom stereocenters. The number of hydrogen-bond acceptors (Lipinski definition) is 6. The summed E-state index contributed by atoms with van der Waals surface area (Å²) in [5, 5.41) is 0. The highest BCUT2D eigenvalue weighted by molar-refractivity contribution is 5.73. The predicted octanol–water partition coefficient (Wildman–Crippen LogP) is 2.99. The van der Waals surface area contributed by atoms with E-state index in [2.05, 4.69) is 9.80 Å². The van der Waals surface area contributed by atoms with Gasteiger partial charge in [0, 0.05) is 39.3 Å². The van der Waals surface area contributed by atoms with E-state index in [0.29, 0.717) is 24.3 Å². The van der Waals surface area contributed by atoms with Gasteiger partial charge in [-0.3, -0.25) is 9.13 Å². The number of unbranched alkanes of at least 4 members (excludes halogenated alkanes) is 1. The van der Waals surface area contributed by atoms with Gasteiger partial charge in [-0.15, -0.1) is 0 Å². The molecule has 0 amide bonds. The van der Waals surface area contributed by atoms with Gasteiger partial charge in [-0.05, 0) is 56.6 Å². The first kappa shape index (κ1) is 21.7. The number of aryl methyl sites for hydroxylation is 2. The maximum absolute atomic E-state index is 12.1. The van der Waals surface area contributed by atoms with Crippen LogP contribution in [0.4, 0.5) is 0 Å². The highest BCUT2D eigenvalue weighted by Gasteiger charge is 2.17. The number of para-hydroxylation sites is 4. The zero-order valence-corrected chi connectivity index (χ0v) is 18.8.